The van der Waals surface area contributed by atoms with Gasteiger partial charge in [0.05, 0.1) is 6.26 Å². The number of halogens is 1. The van der Waals surface area contributed by atoms with Crippen molar-refractivity contribution in [2.24, 2.45) is 0 Å². The fourth-order valence-electron chi connectivity index (χ4n) is 4.58. The normalized spacial score (nSPS) is 17.9. The molecule has 5 nitrogen and oxygen atoms in total. The van der Waals surface area contributed by atoms with E-state index in [2.05, 4.69) is 9.88 Å². The number of fused-ring (bicyclic) bond motifs is 2. The lowest BCUT2D eigenvalue weighted by atomic mass is 9.89. The Labute approximate surface area is 172 Å². The number of benzene rings is 1. The molecule has 1 saturated heterocycles. The molecule has 2 aliphatic heterocycles. The summed E-state index contributed by atoms with van der Waals surface area (Å²) < 4.78 is 20.8. The van der Waals surface area contributed by atoms with Gasteiger partial charge >= 0.3 is 0 Å². The first-order valence-electron chi connectivity index (χ1n) is 10.2. The number of rotatable bonds is 4. The van der Waals surface area contributed by atoms with Gasteiger partial charge < -0.3 is 9.32 Å². The van der Waals surface area contributed by atoms with Gasteiger partial charge in [0.1, 0.15) is 11.4 Å². The Bertz CT molecular complexity index is 1120. The first-order chi connectivity index (χ1) is 14.1. The lowest BCUT2D eigenvalue weighted by Gasteiger charge is -2.31. The molecule has 0 amide bonds. The molecular weight excluding hydrogens is 389 g/mol. The summed E-state index contributed by atoms with van der Waals surface area (Å²) in [7, 11) is 0. The van der Waals surface area contributed by atoms with Crippen LogP contribution in [0.15, 0.2) is 38.8 Å². The van der Waals surface area contributed by atoms with Crippen molar-refractivity contribution in [3.63, 3.8) is 0 Å². The number of thioether (sulfide) groups is 1. The zero-order valence-corrected chi connectivity index (χ0v) is 17.3. The molecule has 4 heterocycles. The fraction of sp³-hybridized carbons (Fsp3) is 0.455. The van der Waals surface area contributed by atoms with Gasteiger partial charge in [-0.05, 0) is 57.3 Å². The second-order valence-electron chi connectivity index (χ2n) is 7.96. The molecule has 0 aliphatic carbocycles. The Kier molecular flexibility index (Phi) is 4.95. The second-order valence-corrected chi connectivity index (χ2v) is 9.02. The average molecular weight is 414 g/mol. The molecule has 0 bridgehead atoms. The number of aryl methyl sites for hydroxylation is 1. The summed E-state index contributed by atoms with van der Waals surface area (Å²) in [5.74, 6) is 1.11. The summed E-state index contributed by atoms with van der Waals surface area (Å²) in [5, 5.41) is 1.89. The molecule has 29 heavy (non-hydrogen) atoms. The summed E-state index contributed by atoms with van der Waals surface area (Å²) in [6, 6.07) is 4.78. The van der Waals surface area contributed by atoms with Gasteiger partial charge in [0.2, 0.25) is 0 Å². The van der Waals surface area contributed by atoms with E-state index in [4.69, 9.17) is 4.42 Å². The SMILES string of the molecule is Cc1nc2n(c(=O)c1CCN1CCC(c3coc4cc(F)ccc34)CC1)CCS2. The van der Waals surface area contributed by atoms with Crippen molar-refractivity contribution >= 4 is 22.7 Å². The largest absolute Gasteiger partial charge is 0.464 e. The second kappa shape index (κ2) is 7.61. The van der Waals surface area contributed by atoms with Crippen LogP contribution in [0.4, 0.5) is 4.39 Å². The Morgan fingerprint density at radius 2 is 2.10 bits per heavy atom. The average Bonchev–Trinajstić information content (AvgIpc) is 3.35. The van der Waals surface area contributed by atoms with Crippen molar-refractivity contribution in [2.75, 3.05) is 25.4 Å². The molecule has 2 aromatic heterocycles. The minimum atomic E-state index is -0.265. The summed E-state index contributed by atoms with van der Waals surface area (Å²) in [5.41, 5.74) is 3.70. The van der Waals surface area contributed by atoms with Gasteiger partial charge in [0.25, 0.3) is 5.56 Å². The summed E-state index contributed by atoms with van der Waals surface area (Å²) in [6.45, 7) is 5.59. The van der Waals surface area contributed by atoms with Crippen LogP contribution in [-0.2, 0) is 13.0 Å². The number of aromatic nitrogens is 2. The summed E-state index contributed by atoms with van der Waals surface area (Å²) >= 11 is 1.66. The van der Waals surface area contributed by atoms with E-state index in [-0.39, 0.29) is 11.4 Å². The maximum Gasteiger partial charge on any atom is 0.257 e. The maximum atomic E-state index is 13.4. The van der Waals surface area contributed by atoms with Crippen LogP contribution in [0.1, 0.15) is 35.6 Å². The van der Waals surface area contributed by atoms with Gasteiger partial charge in [0.15, 0.2) is 5.16 Å². The highest BCUT2D eigenvalue weighted by Gasteiger charge is 2.25. The molecule has 2 aliphatic rings. The maximum absolute atomic E-state index is 13.4. The Balaban J connectivity index is 1.23. The van der Waals surface area contributed by atoms with Gasteiger partial charge in [0, 0.05) is 47.1 Å². The van der Waals surface area contributed by atoms with Crippen LogP contribution in [0.3, 0.4) is 0 Å². The lowest BCUT2D eigenvalue weighted by molar-refractivity contribution is 0.214. The van der Waals surface area contributed by atoms with Crippen LogP contribution in [0.2, 0.25) is 0 Å². The Morgan fingerprint density at radius 3 is 2.93 bits per heavy atom. The van der Waals surface area contributed by atoms with Crippen molar-refractivity contribution in [2.45, 2.75) is 43.8 Å². The fourth-order valence-corrected chi connectivity index (χ4v) is 5.56. The van der Waals surface area contributed by atoms with E-state index in [0.717, 1.165) is 73.0 Å². The predicted molar refractivity (Wildman–Crippen MR) is 112 cm³/mol. The van der Waals surface area contributed by atoms with Crippen LogP contribution >= 0.6 is 11.8 Å². The highest BCUT2D eigenvalue weighted by Crippen LogP contribution is 2.34. The van der Waals surface area contributed by atoms with Gasteiger partial charge in [-0.3, -0.25) is 9.36 Å². The standard InChI is InChI=1S/C22H24FN3O2S/c1-14-17(21(27)26-10-11-29-22(26)24-14)6-9-25-7-4-15(5-8-25)19-13-28-20-12-16(23)2-3-18(19)20/h2-3,12-13,15H,4-11H2,1H3. The van der Waals surface area contributed by atoms with Crippen LogP contribution in [-0.4, -0.2) is 39.8 Å². The zero-order chi connectivity index (χ0) is 20.0. The minimum Gasteiger partial charge on any atom is -0.464 e. The number of nitrogens with zero attached hydrogens (tertiary/aromatic N) is 3. The van der Waals surface area contributed by atoms with Crippen molar-refractivity contribution in [1.82, 2.24) is 14.5 Å². The first-order valence-corrected chi connectivity index (χ1v) is 11.2. The quantitative estimate of drug-likeness (QED) is 0.606. The van der Waals surface area contributed by atoms with Crippen molar-refractivity contribution in [1.29, 1.82) is 0 Å². The van der Waals surface area contributed by atoms with Crippen LogP contribution < -0.4 is 5.56 Å². The van der Waals surface area contributed by atoms with E-state index in [1.54, 1.807) is 18.0 Å². The van der Waals surface area contributed by atoms with E-state index in [1.807, 2.05) is 17.6 Å². The third-order valence-corrected chi connectivity index (χ3v) is 7.21. The lowest BCUT2D eigenvalue weighted by Crippen LogP contribution is -2.36. The first kappa shape index (κ1) is 18.9. The molecule has 7 heteroatoms. The van der Waals surface area contributed by atoms with E-state index < -0.39 is 0 Å². The number of piperidine rings is 1. The number of hydrogen-bond acceptors (Lipinski definition) is 5. The van der Waals surface area contributed by atoms with E-state index in [1.165, 1.54) is 17.7 Å². The molecule has 0 spiro atoms. The van der Waals surface area contributed by atoms with E-state index in [0.29, 0.717) is 11.5 Å². The minimum absolute atomic E-state index is 0.143. The van der Waals surface area contributed by atoms with Gasteiger partial charge in [-0.15, -0.1) is 0 Å². The molecule has 5 rings (SSSR count). The molecule has 0 unspecified atom stereocenters. The third kappa shape index (κ3) is 3.51. The zero-order valence-electron chi connectivity index (χ0n) is 16.5. The third-order valence-electron chi connectivity index (χ3n) is 6.25. The van der Waals surface area contributed by atoms with Gasteiger partial charge in [-0.1, -0.05) is 11.8 Å². The Morgan fingerprint density at radius 1 is 1.28 bits per heavy atom. The topological polar surface area (TPSA) is 51.3 Å². The van der Waals surface area contributed by atoms with Crippen LogP contribution in [0.5, 0.6) is 0 Å². The number of likely N-dealkylation sites (tertiary alicyclic amines) is 1. The highest BCUT2D eigenvalue weighted by molar-refractivity contribution is 7.99. The monoisotopic (exact) mass is 413 g/mol. The molecule has 152 valence electrons. The van der Waals surface area contributed by atoms with E-state index >= 15 is 0 Å². The molecule has 1 aromatic carbocycles. The number of hydrogen-bond donors (Lipinski definition) is 0. The van der Waals surface area contributed by atoms with Crippen LogP contribution in [0.25, 0.3) is 11.0 Å². The smallest absolute Gasteiger partial charge is 0.257 e. The molecule has 0 N–H and O–H groups in total. The van der Waals surface area contributed by atoms with Crippen molar-refractivity contribution in [3.05, 3.63) is 57.5 Å². The van der Waals surface area contributed by atoms with Gasteiger partial charge in [-0.25, -0.2) is 9.37 Å². The van der Waals surface area contributed by atoms with Crippen molar-refractivity contribution in [3.8, 4) is 0 Å². The predicted octanol–water partition coefficient (Wildman–Crippen LogP) is 3.96. The molecule has 0 atom stereocenters. The Hall–Kier alpha value is -2.12. The molecular formula is C22H24FN3O2S. The molecule has 0 radical (unpaired) electrons. The van der Waals surface area contributed by atoms with Crippen LogP contribution in [0, 0.1) is 12.7 Å². The molecule has 3 aromatic rings. The van der Waals surface area contributed by atoms with Gasteiger partial charge in [-0.2, -0.15) is 0 Å². The number of furan rings is 1. The molecule has 1 fully saturated rings. The highest BCUT2D eigenvalue weighted by atomic mass is 32.2. The summed E-state index contributed by atoms with van der Waals surface area (Å²) in [4.78, 5) is 19.8. The molecule has 0 saturated carbocycles. The summed E-state index contributed by atoms with van der Waals surface area (Å²) in [6.07, 6.45) is 4.64. The van der Waals surface area contributed by atoms with E-state index in [9.17, 15) is 9.18 Å². The van der Waals surface area contributed by atoms with Crippen molar-refractivity contribution < 1.29 is 8.81 Å².